The van der Waals surface area contributed by atoms with Crippen LogP contribution in [0.5, 0.6) is 0 Å². The third kappa shape index (κ3) is 1.95. The Morgan fingerprint density at radius 2 is 1.72 bits per heavy atom. The van der Waals surface area contributed by atoms with Gasteiger partial charge >= 0.3 is 5.97 Å². The number of carbonyl (C=O) groups excluding carboxylic acids is 1. The van der Waals surface area contributed by atoms with Gasteiger partial charge in [0.25, 0.3) is 0 Å². The van der Waals surface area contributed by atoms with E-state index in [1.54, 1.807) is 6.07 Å². The minimum Gasteiger partial charge on any atom is -0.459 e. The maximum absolute atomic E-state index is 11.8. The van der Waals surface area contributed by atoms with Crippen LogP contribution in [0.4, 0.5) is 5.69 Å². The van der Waals surface area contributed by atoms with Crippen LogP contribution in [0.25, 0.3) is 0 Å². The Morgan fingerprint density at radius 1 is 1.00 bits per heavy atom. The minimum absolute atomic E-state index is 0.00111. The number of anilines is 1. The Balaban J connectivity index is 1.97. The van der Waals surface area contributed by atoms with Crippen molar-refractivity contribution < 1.29 is 9.53 Å². The molecule has 0 amide bonds. The van der Waals surface area contributed by atoms with Crippen LogP contribution in [0.3, 0.4) is 0 Å². The molecule has 3 rings (SSSR count). The highest BCUT2D eigenvalue weighted by Crippen LogP contribution is 2.26. The van der Waals surface area contributed by atoms with Gasteiger partial charge in [0, 0.05) is 5.69 Å². The number of rotatable bonds is 1. The van der Waals surface area contributed by atoms with Crippen LogP contribution in [0.15, 0.2) is 54.6 Å². The summed E-state index contributed by atoms with van der Waals surface area (Å²) in [5.41, 5.74) is 2.53. The van der Waals surface area contributed by atoms with Crippen molar-refractivity contribution in [2.24, 2.45) is 0 Å². The van der Waals surface area contributed by atoms with Crippen molar-refractivity contribution >= 4 is 11.7 Å². The lowest BCUT2D eigenvalue weighted by atomic mass is 10.1. The highest BCUT2D eigenvalue weighted by atomic mass is 16.5. The lowest BCUT2D eigenvalue weighted by Crippen LogP contribution is -2.14. The lowest BCUT2D eigenvalue weighted by Gasteiger charge is -2.16. The Bertz CT molecular complexity index is 566. The Labute approximate surface area is 105 Å². The number of fused-ring (bicyclic) bond motifs is 1. The fraction of sp³-hybridized carbons (Fsp3) is 0.133. The highest BCUT2D eigenvalue weighted by Gasteiger charge is 2.22. The zero-order valence-electron chi connectivity index (χ0n) is 9.80. The maximum Gasteiger partial charge on any atom is 0.340 e. The SMILES string of the molecule is O=C1OCC(c2ccccc2)Nc2ccccc21. The minimum atomic E-state index is -0.267. The van der Waals surface area contributed by atoms with Gasteiger partial charge in [-0.25, -0.2) is 4.79 Å². The van der Waals surface area contributed by atoms with Crippen molar-refractivity contribution in [2.45, 2.75) is 6.04 Å². The molecule has 3 nitrogen and oxygen atoms in total. The van der Waals surface area contributed by atoms with Gasteiger partial charge in [0.1, 0.15) is 6.61 Å². The Morgan fingerprint density at radius 3 is 2.56 bits per heavy atom. The van der Waals surface area contributed by atoms with Crippen LogP contribution >= 0.6 is 0 Å². The molecule has 3 heteroatoms. The number of nitrogens with one attached hydrogen (secondary N) is 1. The third-order valence-corrected chi connectivity index (χ3v) is 3.06. The van der Waals surface area contributed by atoms with E-state index in [2.05, 4.69) is 5.32 Å². The molecular formula is C15H13NO2. The third-order valence-electron chi connectivity index (χ3n) is 3.06. The molecule has 0 bridgehead atoms. The average molecular weight is 239 g/mol. The molecule has 2 aromatic carbocycles. The monoisotopic (exact) mass is 239 g/mol. The van der Waals surface area contributed by atoms with Crippen molar-refractivity contribution in [2.75, 3.05) is 11.9 Å². The number of esters is 1. The normalized spacial score (nSPS) is 18.2. The summed E-state index contributed by atoms with van der Waals surface area (Å²) in [6, 6.07) is 17.4. The molecule has 0 spiro atoms. The van der Waals surface area contributed by atoms with Gasteiger partial charge in [-0.2, -0.15) is 0 Å². The predicted octanol–water partition coefficient (Wildman–Crippen LogP) is 3.01. The Hall–Kier alpha value is -2.29. The van der Waals surface area contributed by atoms with Gasteiger partial charge in [0.15, 0.2) is 0 Å². The molecule has 0 radical (unpaired) electrons. The van der Waals surface area contributed by atoms with E-state index in [-0.39, 0.29) is 12.0 Å². The van der Waals surface area contributed by atoms with Crippen LogP contribution in [-0.2, 0) is 4.74 Å². The van der Waals surface area contributed by atoms with Crippen molar-refractivity contribution in [1.29, 1.82) is 0 Å². The number of hydrogen-bond donors (Lipinski definition) is 1. The summed E-state index contributed by atoms with van der Waals surface area (Å²) in [7, 11) is 0. The van der Waals surface area contributed by atoms with Crippen LogP contribution in [0, 0.1) is 0 Å². The predicted molar refractivity (Wildman–Crippen MR) is 69.5 cm³/mol. The summed E-state index contributed by atoms with van der Waals surface area (Å²) < 4.78 is 5.29. The van der Waals surface area contributed by atoms with Crippen LogP contribution < -0.4 is 5.32 Å². The van der Waals surface area contributed by atoms with Crippen LogP contribution in [0.1, 0.15) is 22.0 Å². The van der Waals surface area contributed by atoms with Crippen molar-refractivity contribution in [3.63, 3.8) is 0 Å². The molecule has 0 aromatic heterocycles. The highest BCUT2D eigenvalue weighted by molar-refractivity contribution is 5.96. The average Bonchev–Trinajstić information content (AvgIpc) is 2.60. The maximum atomic E-state index is 11.8. The number of cyclic esters (lactones) is 1. The van der Waals surface area contributed by atoms with Gasteiger partial charge in [0.05, 0.1) is 11.6 Å². The van der Waals surface area contributed by atoms with Gasteiger partial charge in [0.2, 0.25) is 0 Å². The molecule has 0 aliphatic carbocycles. The van der Waals surface area contributed by atoms with E-state index >= 15 is 0 Å². The van der Waals surface area contributed by atoms with Gasteiger partial charge in [-0.15, -0.1) is 0 Å². The summed E-state index contributed by atoms with van der Waals surface area (Å²) in [5, 5.41) is 3.36. The molecule has 0 saturated heterocycles. The molecule has 1 unspecified atom stereocenters. The van der Waals surface area contributed by atoms with Gasteiger partial charge in [-0.05, 0) is 17.7 Å². The number of benzene rings is 2. The zero-order valence-corrected chi connectivity index (χ0v) is 9.80. The van der Waals surface area contributed by atoms with Gasteiger partial charge in [-0.3, -0.25) is 0 Å². The second-order valence-corrected chi connectivity index (χ2v) is 4.25. The molecule has 0 saturated carbocycles. The first-order chi connectivity index (χ1) is 8.84. The van der Waals surface area contributed by atoms with Crippen molar-refractivity contribution in [3.05, 3.63) is 65.7 Å². The fourth-order valence-corrected chi connectivity index (χ4v) is 2.12. The molecule has 1 heterocycles. The van der Waals surface area contributed by atoms with E-state index in [1.807, 2.05) is 48.5 Å². The second kappa shape index (κ2) is 4.53. The summed E-state index contributed by atoms with van der Waals surface area (Å²) in [5.74, 6) is -0.267. The number of ether oxygens (including phenoxy) is 1. The summed E-state index contributed by atoms with van der Waals surface area (Å²) >= 11 is 0. The first-order valence-corrected chi connectivity index (χ1v) is 5.92. The fourth-order valence-electron chi connectivity index (χ4n) is 2.12. The molecule has 1 atom stereocenters. The molecule has 18 heavy (non-hydrogen) atoms. The molecule has 1 N–H and O–H groups in total. The van der Waals surface area contributed by atoms with Gasteiger partial charge in [-0.1, -0.05) is 42.5 Å². The topological polar surface area (TPSA) is 38.3 Å². The van der Waals surface area contributed by atoms with E-state index in [1.165, 1.54) is 0 Å². The quantitative estimate of drug-likeness (QED) is 0.777. The van der Waals surface area contributed by atoms with E-state index in [0.717, 1.165) is 11.3 Å². The van der Waals surface area contributed by atoms with Crippen molar-refractivity contribution in [1.82, 2.24) is 0 Å². The molecular weight excluding hydrogens is 226 g/mol. The van der Waals surface area contributed by atoms with Crippen LogP contribution in [-0.4, -0.2) is 12.6 Å². The smallest absolute Gasteiger partial charge is 0.340 e. The molecule has 0 fully saturated rings. The molecule has 90 valence electrons. The van der Waals surface area contributed by atoms with E-state index < -0.39 is 0 Å². The van der Waals surface area contributed by atoms with E-state index in [4.69, 9.17) is 4.74 Å². The van der Waals surface area contributed by atoms with Crippen LogP contribution in [0.2, 0.25) is 0 Å². The zero-order chi connectivity index (χ0) is 12.4. The summed E-state index contributed by atoms with van der Waals surface area (Å²) in [6.45, 7) is 0.345. The van der Waals surface area contributed by atoms with Gasteiger partial charge < -0.3 is 10.1 Å². The van der Waals surface area contributed by atoms with E-state index in [9.17, 15) is 4.79 Å². The summed E-state index contributed by atoms with van der Waals surface area (Å²) in [6.07, 6.45) is 0. The largest absolute Gasteiger partial charge is 0.459 e. The first kappa shape index (κ1) is 10.8. The number of carbonyl (C=O) groups is 1. The molecule has 1 aliphatic rings. The van der Waals surface area contributed by atoms with E-state index in [0.29, 0.717) is 12.2 Å². The Kier molecular flexibility index (Phi) is 2.73. The molecule has 1 aliphatic heterocycles. The molecule has 2 aromatic rings. The van der Waals surface area contributed by atoms with Crippen molar-refractivity contribution in [3.8, 4) is 0 Å². The second-order valence-electron chi connectivity index (χ2n) is 4.25. The first-order valence-electron chi connectivity index (χ1n) is 5.92. The lowest BCUT2D eigenvalue weighted by molar-refractivity contribution is 0.0500. The standard InChI is InChI=1S/C15H13NO2/c17-15-12-8-4-5-9-13(12)16-14(10-18-15)11-6-2-1-3-7-11/h1-9,14,16H,10H2. The summed E-state index contributed by atoms with van der Waals surface area (Å²) in [4.78, 5) is 11.8. The number of para-hydroxylation sites is 1. The number of hydrogen-bond acceptors (Lipinski definition) is 3.